The summed E-state index contributed by atoms with van der Waals surface area (Å²) in [7, 11) is 0. The number of hydrogen-bond donors (Lipinski definition) is 0. The molecular weight excluding hydrogens is 319 g/mol. The summed E-state index contributed by atoms with van der Waals surface area (Å²) in [6.45, 7) is 2.87. The number of hydrogen-bond acceptors (Lipinski definition) is 4. The van der Waals surface area contributed by atoms with E-state index in [-0.39, 0.29) is 27.1 Å². The fourth-order valence-corrected chi connectivity index (χ4v) is 4.31. The van der Waals surface area contributed by atoms with Crippen molar-refractivity contribution in [2.45, 2.75) is 18.7 Å². The third kappa shape index (κ3) is 3.22. The number of benzene rings is 1. The van der Waals surface area contributed by atoms with Gasteiger partial charge in [0.25, 0.3) is 0 Å². The first-order valence-corrected chi connectivity index (χ1v) is 8.61. The number of ether oxygens (including phenoxy) is 1. The van der Waals surface area contributed by atoms with Crippen LogP contribution < -0.4 is 4.90 Å². The van der Waals surface area contributed by atoms with E-state index in [0.29, 0.717) is 0 Å². The summed E-state index contributed by atoms with van der Waals surface area (Å²) in [6.07, 6.45) is 1.08. The number of anilines is 1. The molecule has 1 aromatic rings. The van der Waals surface area contributed by atoms with Gasteiger partial charge in [-0.15, -0.1) is 0 Å². The van der Waals surface area contributed by atoms with Crippen LogP contribution in [0.1, 0.15) is 13.3 Å². The van der Waals surface area contributed by atoms with Gasteiger partial charge < -0.3 is 0 Å². The Balaban J connectivity index is 2.39. The normalized spacial score (nSPS) is 17.3. The molecule has 1 aliphatic rings. The van der Waals surface area contributed by atoms with Crippen LogP contribution in [0.2, 0.25) is 5.32 Å². The van der Waals surface area contributed by atoms with E-state index in [9.17, 15) is 10.1 Å². The standard InChI is InChI=1S/C15H16N2O2Se/c1-2-19-15(18)13(11-16)14-17(9-6-10-20-14)12-7-4-3-5-8-12/h3-5,7-8H,2,6,9-10H2,1H3/b14-13-. The number of rotatable bonds is 3. The first-order chi connectivity index (χ1) is 9.77. The zero-order chi connectivity index (χ0) is 14.4. The molecule has 0 radical (unpaired) electrons. The van der Waals surface area contributed by atoms with Crippen molar-refractivity contribution in [2.24, 2.45) is 0 Å². The second-order valence-corrected chi connectivity index (χ2v) is 6.48. The van der Waals surface area contributed by atoms with Crippen LogP contribution in [-0.2, 0) is 9.53 Å². The van der Waals surface area contributed by atoms with E-state index in [1.165, 1.54) is 0 Å². The minimum atomic E-state index is -0.505. The minimum absolute atomic E-state index is 0.131. The van der Waals surface area contributed by atoms with Crippen molar-refractivity contribution in [3.05, 3.63) is 40.5 Å². The molecule has 20 heavy (non-hydrogen) atoms. The molecule has 1 heterocycles. The first-order valence-electron chi connectivity index (χ1n) is 6.54. The number of carbonyl (C=O) groups excluding carboxylic acids is 1. The third-order valence-electron chi connectivity index (χ3n) is 2.88. The van der Waals surface area contributed by atoms with Gasteiger partial charge in [-0.2, -0.15) is 0 Å². The number of nitriles is 1. The first kappa shape index (κ1) is 14.6. The Morgan fingerprint density at radius 1 is 1.45 bits per heavy atom. The van der Waals surface area contributed by atoms with E-state index in [0.717, 1.165) is 28.6 Å². The Morgan fingerprint density at radius 2 is 2.20 bits per heavy atom. The molecule has 0 saturated carbocycles. The molecule has 1 saturated heterocycles. The summed E-state index contributed by atoms with van der Waals surface area (Å²) in [4.78, 5) is 14.0. The molecule has 0 aromatic heterocycles. The van der Waals surface area contributed by atoms with Crippen LogP contribution in [-0.4, -0.2) is 34.1 Å². The van der Waals surface area contributed by atoms with Crippen molar-refractivity contribution in [3.8, 4) is 6.07 Å². The van der Waals surface area contributed by atoms with Crippen molar-refractivity contribution in [1.82, 2.24) is 0 Å². The fraction of sp³-hybridized carbons (Fsp3) is 0.333. The Morgan fingerprint density at radius 3 is 2.85 bits per heavy atom. The van der Waals surface area contributed by atoms with E-state index < -0.39 is 5.97 Å². The van der Waals surface area contributed by atoms with Crippen LogP contribution in [0.5, 0.6) is 0 Å². The van der Waals surface area contributed by atoms with E-state index in [4.69, 9.17) is 4.74 Å². The number of nitrogens with zero attached hydrogens (tertiary/aromatic N) is 2. The molecule has 1 aromatic carbocycles. The molecule has 0 unspecified atom stereocenters. The maximum atomic E-state index is 11.9. The van der Waals surface area contributed by atoms with E-state index in [2.05, 4.69) is 4.90 Å². The van der Waals surface area contributed by atoms with Crippen LogP contribution in [0, 0.1) is 11.3 Å². The molecule has 0 spiro atoms. The van der Waals surface area contributed by atoms with Gasteiger partial charge in [0.15, 0.2) is 0 Å². The van der Waals surface area contributed by atoms with Crippen molar-refractivity contribution in [2.75, 3.05) is 18.1 Å². The second-order valence-electron chi connectivity index (χ2n) is 4.20. The SMILES string of the molecule is CCOC(=O)/C(C#N)=C1\[Se]CCCN1c1ccccc1. The van der Waals surface area contributed by atoms with Crippen LogP contribution in [0.15, 0.2) is 40.5 Å². The summed E-state index contributed by atoms with van der Waals surface area (Å²) in [5.74, 6) is -0.505. The molecule has 5 heteroatoms. The molecular formula is C15H16N2O2Se. The summed E-state index contributed by atoms with van der Waals surface area (Å²) in [5.41, 5.74) is 1.19. The van der Waals surface area contributed by atoms with E-state index >= 15 is 0 Å². The van der Waals surface area contributed by atoms with Gasteiger partial charge in [0.05, 0.1) is 0 Å². The molecule has 104 valence electrons. The van der Waals surface area contributed by atoms with Gasteiger partial charge in [-0.05, 0) is 0 Å². The van der Waals surface area contributed by atoms with Crippen LogP contribution in [0.4, 0.5) is 5.69 Å². The summed E-state index contributed by atoms with van der Waals surface area (Å²) in [5, 5.41) is 10.4. The fourth-order valence-electron chi connectivity index (χ4n) is 2.02. The summed E-state index contributed by atoms with van der Waals surface area (Å²) in [6, 6.07) is 11.9. The molecule has 0 atom stereocenters. The molecule has 4 nitrogen and oxygen atoms in total. The Hall–Kier alpha value is -1.76. The predicted octanol–water partition coefficient (Wildman–Crippen LogP) is 2.32. The van der Waals surface area contributed by atoms with E-state index in [1.807, 2.05) is 36.4 Å². The van der Waals surface area contributed by atoms with Crippen LogP contribution in [0.25, 0.3) is 0 Å². The molecule has 1 fully saturated rings. The number of para-hydroxylation sites is 1. The average Bonchev–Trinajstić information content (AvgIpc) is 2.50. The van der Waals surface area contributed by atoms with Crippen molar-refractivity contribution >= 4 is 26.6 Å². The third-order valence-corrected chi connectivity index (χ3v) is 5.38. The summed E-state index contributed by atoms with van der Waals surface area (Å²) >= 11 is 0.131. The van der Waals surface area contributed by atoms with Gasteiger partial charge >= 0.3 is 125 Å². The number of carbonyl (C=O) groups is 1. The molecule has 0 N–H and O–H groups in total. The molecule has 2 rings (SSSR count). The van der Waals surface area contributed by atoms with Gasteiger partial charge in [-0.3, -0.25) is 0 Å². The van der Waals surface area contributed by atoms with Crippen LogP contribution in [0.3, 0.4) is 0 Å². The predicted molar refractivity (Wildman–Crippen MR) is 78.2 cm³/mol. The summed E-state index contributed by atoms with van der Waals surface area (Å²) < 4.78 is 5.84. The van der Waals surface area contributed by atoms with Crippen molar-refractivity contribution < 1.29 is 9.53 Å². The van der Waals surface area contributed by atoms with Crippen molar-refractivity contribution in [1.29, 1.82) is 5.26 Å². The van der Waals surface area contributed by atoms with Crippen molar-refractivity contribution in [3.63, 3.8) is 0 Å². The van der Waals surface area contributed by atoms with Gasteiger partial charge in [0.2, 0.25) is 0 Å². The van der Waals surface area contributed by atoms with Crippen LogP contribution >= 0.6 is 0 Å². The molecule has 0 bridgehead atoms. The van der Waals surface area contributed by atoms with Gasteiger partial charge in [0.1, 0.15) is 0 Å². The quantitative estimate of drug-likeness (QED) is 0.368. The number of esters is 1. The van der Waals surface area contributed by atoms with E-state index in [1.54, 1.807) is 6.92 Å². The molecule has 0 aliphatic carbocycles. The average molecular weight is 335 g/mol. The monoisotopic (exact) mass is 336 g/mol. The topological polar surface area (TPSA) is 53.3 Å². The Labute approximate surface area is 125 Å². The Kier molecular flexibility index (Phi) is 5.23. The molecule has 1 aliphatic heterocycles. The van der Waals surface area contributed by atoms with Gasteiger partial charge in [-0.1, -0.05) is 0 Å². The maximum absolute atomic E-state index is 11.9. The Bertz CT molecular complexity index is 549. The second kappa shape index (κ2) is 7.14. The zero-order valence-corrected chi connectivity index (χ0v) is 13.0. The molecule has 0 amide bonds. The van der Waals surface area contributed by atoms with Gasteiger partial charge in [0, 0.05) is 0 Å². The zero-order valence-electron chi connectivity index (χ0n) is 11.3. The van der Waals surface area contributed by atoms with Gasteiger partial charge in [-0.25, -0.2) is 0 Å².